The van der Waals surface area contributed by atoms with Gasteiger partial charge in [0.05, 0.1) is 0 Å². The molecule has 1 unspecified atom stereocenters. The number of allylic oxidation sites excluding steroid dienone is 22. The molecule has 1 atom stereocenters. The van der Waals surface area contributed by atoms with Crippen molar-refractivity contribution in [3.8, 4) is 0 Å². The molecule has 0 bridgehead atoms. The predicted octanol–water partition coefficient (Wildman–Crippen LogP) is 19.0. The standard InChI is InChI=1S/C64H102O6/c1-4-7-10-13-16-19-22-25-28-31-32-34-36-39-42-45-48-51-54-57-63(66)69-60-61(59-68-62(65)56-53-50-47-44-41-38-35-30-27-24-21-18-15-12-9-6-3)70-64(67)58-55-52-49-46-43-40-37-33-29-26-23-20-17-14-11-8-5-2/h9,12,16-22,25-27,29-30,37-38,40-41,46-47,49-50,61H,4-8,10-11,13-15,23-24,28,31-36,39,42-45,48,51-60H2,1-3H3/b12-9-,19-16-,20-17-,21-18-,25-22-,29-26-,30-27-,40-37-,41-38-,49-46-,50-47-. The molecule has 0 aromatic rings. The number of hydrogen-bond acceptors (Lipinski definition) is 6. The van der Waals surface area contributed by atoms with E-state index in [0.29, 0.717) is 19.3 Å². The summed E-state index contributed by atoms with van der Waals surface area (Å²) >= 11 is 0. The van der Waals surface area contributed by atoms with Gasteiger partial charge in [-0.05, 0) is 116 Å². The van der Waals surface area contributed by atoms with Crippen LogP contribution in [0.2, 0.25) is 0 Å². The molecule has 0 aliphatic heterocycles. The van der Waals surface area contributed by atoms with Crippen LogP contribution in [0.4, 0.5) is 0 Å². The molecule has 0 saturated carbocycles. The molecule has 0 rings (SSSR count). The Morgan fingerprint density at radius 1 is 0.314 bits per heavy atom. The van der Waals surface area contributed by atoms with E-state index in [0.717, 1.165) is 77.0 Å². The summed E-state index contributed by atoms with van der Waals surface area (Å²) in [4.78, 5) is 38.1. The van der Waals surface area contributed by atoms with Crippen LogP contribution in [0.3, 0.4) is 0 Å². The lowest BCUT2D eigenvalue weighted by Crippen LogP contribution is -2.30. The summed E-state index contributed by atoms with van der Waals surface area (Å²) in [5.74, 6) is -1.08. The van der Waals surface area contributed by atoms with Gasteiger partial charge in [-0.2, -0.15) is 0 Å². The van der Waals surface area contributed by atoms with Crippen LogP contribution in [-0.2, 0) is 28.6 Å². The highest BCUT2D eigenvalue weighted by atomic mass is 16.6. The Morgan fingerprint density at radius 2 is 0.643 bits per heavy atom. The van der Waals surface area contributed by atoms with Crippen molar-refractivity contribution in [1.29, 1.82) is 0 Å². The Labute approximate surface area is 430 Å². The van der Waals surface area contributed by atoms with Crippen molar-refractivity contribution < 1.29 is 28.6 Å². The lowest BCUT2D eigenvalue weighted by Gasteiger charge is -2.18. The molecule has 0 N–H and O–H groups in total. The summed E-state index contributed by atoms with van der Waals surface area (Å²) in [6.07, 6.45) is 80.3. The number of unbranched alkanes of at least 4 members (excludes halogenated alkanes) is 17. The first-order valence-electron chi connectivity index (χ1n) is 28.2. The molecule has 0 aromatic heterocycles. The van der Waals surface area contributed by atoms with Crippen LogP contribution >= 0.6 is 0 Å². The number of rotatable bonds is 49. The molecule has 394 valence electrons. The van der Waals surface area contributed by atoms with Gasteiger partial charge in [0.15, 0.2) is 6.10 Å². The van der Waals surface area contributed by atoms with Crippen molar-refractivity contribution in [2.45, 2.75) is 239 Å². The van der Waals surface area contributed by atoms with Gasteiger partial charge >= 0.3 is 17.9 Å². The SMILES string of the molecule is CC/C=C\C/C=C\C/C=C\C/C=C\C/C=C\CCC(=O)OCC(COC(=O)CCCCCCCCCCCC/C=C\C=C/CCCCC)OC(=O)CCC/C=C\C/C=C\C/C=C\C/C=C\CCCCC. The van der Waals surface area contributed by atoms with Crippen LogP contribution < -0.4 is 0 Å². The Bertz CT molecular complexity index is 1530. The second-order valence-corrected chi connectivity index (χ2v) is 18.1. The molecular weight excluding hydrogens is 865 g/mol. The van der Waals surface area contributed by atoms with Gasteiger partial charge in [0.1, 0.15) is 13.2 Å². The first-order valence-corrected chi connectivity index (χ1v) is 28.2. The lowest BCUT2D eigenvalue weighted by atomic mass is 10.1. The van der Waals surface area contributed by atoms with E-state index >= 15 is 0 Å². The average Bonchev–Trinajstić information content (AvgIpc) is 3.36. The molecule has 0 radical (unpaired) electrons. The zero-order valence-electron chi connectivity index (χ0n) is 45.0. The highest BCUT2D eigenvalue weighted by Crippen LogP contribution is 2.13. The van der Waals surface area contributed by atoms with E-state index < -0.39 is 6.10 Å². The summed E-state index contributed by atoms with van der Waals surface area (Å²) in [6, 6.07) is 0. The van der Waals surface area contributed by atoms with Crippen LogP contribution in [0.25, 0.3) is 0 Å². The Balaban J connectivity index is 4.58. The first kappa shape index (κ1) is 65.5. The van der Waals surface area contributed by atoms with Crippen LogP contribution in [0.15, 0.2) is 134 Å². The first-order chi connectivity index (χ1) is 34.5. The van der Waals surface area contributed by atoms with E-state index in [-0.39, 0.29) is 44.0 Å². The molecule has 70 heavy (non-hydrogen) atoms. The van der Waals surface area contributed by atoms with E-state index in [1.165, 1.54) is 103 Å². The van der Waals surface area contributed by atoms with Crippen LogP contribution in [0, 0.1) is 0 Å². The lowest BCUT2D eigenvalue weighted by molar-refractivity contribution is -0.166. The fraction of sp³-hybridized carbons (Fsp3) is 0.609. The highest BCUT2D eigenvalue weighted by Gasteiger charge is 2.19. The van der Waals surface area contributed by atoms with Crippen LogP contribution in [0.1, 0.15) is 233 Å². The van der Waals surface area contributed by atoms with E-state index in [1.807, 2.05) is 12.2 Å². The molecule has 0 aromatic carbocycles. The monoisotopic (exact) mass is 967 g/mol. The highest BCUT2D eigenvalue weighted by molar-refractivity contribution is 5.71. The largest absolute Gasteiger partial charge is 0.462 e. The molecular formula is C64H102O6. The summed E-state index contributed by atoms with van der Waals surface area (Å²) in [7, 11) is 0. The smallest absolute Gasteiger partial charge is 0.306 e. The Hall–Kier alpha value is -4.45. The zero-order chi connectivity index (χ0) is 50.7. The summed E-state index contributed by atoms with van der Waals surface area (Å²) in [6.45, 7) is 6.35. The third-order valence-corrected chi connectivity index (χ3v) is 11.4. The molecule has 0 spiro atoms. The quantitative estimate of drug-likeness (QED) is 0.0199. The molecule has 0 saturated heterocycles. The van der Waals surface area contributed by atoms with E-state index in [2.05, 4.69) is 142 Å². The van der Waals surface area contributed by atoms with Crippen LogP contribution in [0.5, 0.6) is 0 Å². The topological polar surface area (TPSA) is 78.9 Å². The van der Waals surface area contributed by atoms with Crippen molar-refractivity contribution in [1.82, 2.24) is 0 Å². The van der Waals surface area contributed by atoms with Gasteiger partial charge in [-0.1, -0.05) is 231 Å². The van der Waals surface area contributed by atoms with Gasteiger partial charge in [-0.3, -0.25) is 14.4 Å². The third kappa shape index (κ3) is 54.5. The third-order valence-electron chi connectivity index (χ3n) is 11.4. The van der Waals surface area contributed by atoms with E-state index in [4.69, 9.17) is 14.2 Å². The fourth-order valence-electron chi connectivity index (χ4n) is 7.18. The normalized spacial score (nSPS) is 13.1. The van der Waals surface area contributed by atoms with Gasteiger partial charge in [0, 0.05) is 19.3 Å². The van der Waals surface area contributed by atoms with E-state index in [1.54, 1.807) is 0 Å². The van der Waals surface area contributed by atoms with E-state index in [9.17, 15) is 14.4 Å². The average molecular weight is 968 g/mol. The summed E-state index contributed by atoms with van der Waals surface area (Å²) in [5.41, 5.74) is 0. The number of esters is 3. The van der Waals surface area contributed by atoms with Crippen molar-refractivity contribution in [3.63, 3.8) is 0 Å². The van der Waals surface area contributed by atoms with Gasteiger partial charge in [0.2, 0.25) is 0 Å². The second-order valence-electron chi connectivity index (χ2n) is 18.1. The number of hydrogen-bond donors (Lipinski definition) is 0. The molecule has 0 aliphatic carbocycles. The summed E-state index contributed by atoms with van der Waals surface area (Å²) < 4.78 is 16.7. The number of ether oxygens (including phenoxy) is 3. The van der Waals surface area contributed by atoms with Crippen molar-refractivity contribution in [2.24, 2.45) is 0 Å². The Morgan fingerprint density at radius 3 is 1.09 bits per heavy atom. The molecule has 0 heterocycles. The maximum atomic E-state index is 12.8. The molecule has 0 fully saturated rings. The minimum atomic E-state index is -0.843. The number of carbonyl (C=O) groups excluding carboxylic acids is 3. The number of carbonyl (C=O) groups is 3. The predicted molar refractivity (Wildman–Crippen MR) is 302 cm³/mol. The second kappa shape index (κ2) is 57.1. The molecule has 6 heteroatoms. The van der Waals surface area contributed by atoms with Crippen molar-refractivity contribution >= 4 is 17.9 Å². The van der Waals surface area contributed by atoms with Crippen molar-refractivity contribution in [2.75, 3.05) is 13.2 Å². The van der Waals surface area contributed by atoms with Gasteiger partial charge in [-0.15, -0.1) is 0 Å². The molecule has 6 nitrogen and oxygen atoms in total. The molecule has 0 amide bonds. The van der Waals surface area contributed by atoms with Gasteiger partial charge in [0.25, 0.3) is 0 Å². The maximum Gasteiger partial charge on any atom is 0.306 e. The van der Waals surface area contributed by atoms with Crippen molar-refractivity contribution in [3.05, 3.63) is 134 Å². The minimum Gasteiger partial charge on any atom is -0.462 e. The molecule has 0 aliphatic rings. The summed E-state index contributed by atoms with van der Waals surface area (Å²) in [5, 5.41) is 0. The van der Waals surface area contributed by atoms with Gasteiger partial charge in [-0.25, -0.2) is 0 Å². The zero-order valence-corrected chi connectivity index (χ0v) is 45.0. The minimum absolute atomic E-state index is 0.129. The fourth-order valence-corrected chi connectivity index (χ4v) is 7.18. The maximum absolute atomic E-state index is 12.8. The van der Waals surface area contributed by atoms with Gasteiger partial charge < -0.3 is 14.2 Å². The Kier molecular flexibility index (Phi) is 53.5. The van der Waals surface area contributed by atoms with Crippen LogP contribution in [-0.4, -0.2) is 37.2 Å².